The summed E-state index contributed by atoms with van der Waals surface area (Å²) in [6.07, 6.45) is -0.199. The lowest BCUT2D eigenvalue weighted by atomic mass is 10.0. The molecule has 4 rings (SSSR count). The lowest BCUT2D eigenvalue weighted by Crippen LogP contribution is -2.52. The molecule has 5 amide bonds. The third kappa shape index (κ3) is 7.46. The van der Waals surface area contributed by atoms with Gasteiger partial charge >= 0.3 is 12.0 Å². The number of carbonyl (C=O) groups excluding carboxylic acids is 5. The van der Waals surface area contributed by atoms with Gasteiger partial charge in [-0.25, -0.2) is 4.79 Å². The van der Waals surface area contributed by atoms with Gasteiger partial charge in [0.2, 0.25) is 11.8 Å². The highest BCUT2D eigenvalue weighted by Crippen LogP contribution is 2.31. The molecule has 2 aromatic carbocycles. The smallest absolute Gasteiger partial charge is 0.410 e. The first-order valence-corrected chi connectivity index (χ1v) is 13.8. The Morgan fingerprint density at radius 3 is 2.56 bits per heavy atom. The minimum Gasteiger partial charge on any atom is -0.492 e. The maximum atomic E-state index is 15.1. The van der Waals surface area contributed by atoms with Crippen LogP contribution in [-0.2, 0) is 38.1 Å². The molecular formula is C30H34F2N4O7. The molecule has 0 saturated carbocycles. The number of piperidine rings is 1. The number of hydrogen-bond donors (Lipinski definition) is 2. The van der Waals surface area contributed by atoms with Crippen molar-refractivity contribution < 1.29 is 42.2 Å². The van der Waals surface area contributed by atoms with Gasteiger partial charge in [0.25, 0.3) is 11.8 Å². The summed E-state index contributed by atoms with van der Waals surface area (Å²) >= 11 is 0. The van der Waals surface area contributed by atoms with Crippen LogP contribution in [0.25, 0.3) is 0 Å². The maximum Gasteiger partial charge on any atom is 0.410 e. The number of rotatable bonds is 9. The van der Waals surface area contributed by atoms with Crippen molar-refractivity contribution in [1.82, 2.24) is 20.4 Å². The van der Waals surface area contributed by atoms with Crippen LogP contribution in [0.4, 0.5) is 13.6 Å². The summed E-state index contributed by atoms with van der Waals surface area (Å²) in [6.45, 7) is 5.28. The van der Waals surface area contributed by atoms with Crippen molar-refractivity contribution in [3.8, 4) is 5.75 Å². The summed E-state index contributed by atoms with van der Waals surface area (Å²) in [7, 11) is 1.53. The first-order valence-electron chi connectivity index (χ1n) is 13.8. The highest BCUT2D eigenvalue weighted by molar-refractivity contribution is 6.05. The first-order chi connectivity index (χ1) is 20.2. The summed E-state index contributed by atoms with van der Waals surface area (Å²) in [5.74, 6) is -6.56. The van der Waals surface area contributed by atoms with E-state index >= 15 is 8.78 Å². The van der Waals surface area contributed by atoms with Crippen molar-refractivity contribution in [3.05, 3.63) is 64.7 Å². The van der Waals surface area contributed by atoms with Crippen LogP contribution in [0.2, 0.25) is 0 Å². The Labute approximate surface area is 247 Å². The number of benzene rings is 2. The lowest BCUT2D eigenvalue weighted by molar-refractivity contribution is -0.147. The van der Waals surface area contributed by atoms with Gasteiger partial charge in [-0.1, -0.05) is 24.3 Å². The molecular weight excluding hydrogens is 566 g/mol. The normalized spacial score (nSPS) is 16.8. The molecule has 0 radical (unpaired) electrons. The fourth-order valence-electron chi connectivity index (χ4n) is 4.67. The molecule has 2 aliphatic heterocycles. The van der Waals surface area contributed by atoms with Crippen LogP contribution in [0.5, 0.6) is 5.75 Å². The molecule has 2 aliphatic rings. The minimum absolute atomic E-state index is 0.0127. The van der Waals surface area contributed by atoms with Gasteiger partial charge < -0.3 is 24.6 Å². The zero-order valence-corrected chi connectivity index (χ0v) is 24.4. The number of hydrogen-bond acceptors (Lipinski definition) is 7. The predicted octanol–water partition coefficient (Wildman–Crippen LogP) is 3.10. The molecule has 1 fully saturated rings. The fourth-order valence-corrected chi connectivity index (χ4v) is 4.67. The van der Waals surface area contributed by atoms with Gasteiger partial charge in [0.05, 0.1) is 6.54 Å². The number of ether oxygens (including phenoxy) is 2. The number of carbonyl (C=O) groups is 5. The molecule has 1 saturated heterocycles. The Morgan fingerprint density at radius 2 is 1.86 bits per heavy atom. The Kier molecular flexibility index (Phi) is 9.02. The van der Waals surface area contributed by atoms with Gasteiger partial charge in [0, 0.05) is 37.7 Å². The third-order valence-electron chi connectivity index (χ3n) is 6.92. The summed E-state index contributed by atoms with van der Waals surface area (Å²) in [5, 5.41) is 4.48. The van der Waals surface area contributed by atoms with Crippen molar-refractivity contribution in [3.63, 3.8) is 0 Å². The second-order valence-electron chi connectivity index (χ2n) is 11.4. The van der Waals surface area contributed by atoms with Crippen LogP contribution in [0, 0.1) is 0 Å². The van der Waals surface area contributed by atoms with E-state index in [-0.39, 0.29) is 56.6 Å². The van der Waals surface area contributed by atoms with E-state index < -0.39 is 41.0 Å². The number of nitrogens with one attached hydrogen (secondary N) is 2. The van der Waals surface area contributed by atoms with Gasteiger partial charge in [-0.05, 0) is 56.5 Å². The van der Waals surface area contributed by atoms with Gasteiger partial charge in [-0.15, -0.1) is 0 Å². The molecule has 2 heterocycles. The lowest BCUT2D eigenvalue weighted by Gasteiger charge is -2.29. The van der Waals surface area contributed by atoms with Crippen molar-refractivity contribution in [2.24, 2.45) is 0 Å². The predicted molar refractivity (Wildman–Crippen MR) is 149 cm³/mol. The van der Waals surface area contributed by atoms with Crippen LogP contribution >= 0.6 is 0 Å². The number of nitrogens with zero attached hydrogens (tertiary/aromatic N) is 2. The Bertz CT molecular complexity index is 1440. The van der Waals surface area contributed by atoms with E-state index in [9.17, 15) is 24.0 Å². The van der Waals surface area contributed by atoms with Crippen molar-refractivity contribution in [2.75, 3.05) is 20.2 Å². The molecule has 1 unspecified atom stereocenters. The van der Waals surface area contributed by atoms with Crippen molar-refractivity contribution in [2.45, 2.75) is 64.3 Å². The standard InChI is InChI=1S/C30H34F2N4O7/c1-29(2,3)43-28(41)35(4)12-13-42-21-7-5-6-20(15-21)30(31,32)27(40)33-16-18-8-9-22-19(14-18)17-36(26(22)39)23-10-11-24(37)34-25(23)38/h5-9,14-15,23H,10-13,16-17H2,1-4H3,(H,33,40)(H,34,37,38). The highest BCUT2D eigenvalue weighted by Gasteiger charge is 2.42. The molecule has 43 heavy (non-hydrogen) atoms. The molecule has 1 atom stereocenters. The van der Waals surface area contributed by atoms with Crippen LogP contribution < -0.4 is 15.4 Å². The SMILES string of the molecule is CN(CCOc1cccc(C(F)(F)C(=O)NCc2ccc3c(c2)CN(C2CCC(=O)NC2=O)C3=O)c1)C(=O)OC(C)(C)C. The quantitative estimate of drug-likeness (QED) is 0.423. The van der Waals surface area contributed by atoms with Crippen LogP contribution in [-0.4, -0.2) is 71.4 Å². The third-order valence-corrected chi connectivity index (χ3v) is 6.92. The molecule has 13 heteroatoms. The second kappa shape index (κ2) is 12.4. The number of likely N-dealkylation sites (N-methyl/N-ethyl adjacent to an activating group) is 1. The van der Waals surface area contributed by atoms with E-state index in [1.54, 1.807) is 32.9 Å². The van der Waals surface area contributed by atoms with Crippen LogP contribution in [0.1, 0.15) is 60.7 Å². The van der Waals surface area contributed by atoms with E-state index in [4.69, 9.17) is 9.47 Å². The summed E-state index contributed by atoms with van der Waals surface area (Å²) in [4.78, 5) is 63.9. The monoisotopic (exact) mass is 600 g/mol. The minimum atomic E-state index is -3.87. The average molecular weight is 601 g/mol. The molecule has 11 nitrogen and oxygen atoms in total. The van der Waals surface area contributed by atoms with Gasteiger partial charge in [-0.3, -0.25) is 24.5 Å². The zero-order chi connectivity index (χ0) is 31.5. The van der Waals surface area contributed by atoms with E-state index in [2.05, 4.69) is 10.6 Å². The van der Waals surface area contributed by atoms with Crippen LogP contribution in [0.15, 0.2) is 42.5 Å². The van der Waals surface area contributed by atoms with Crippen molar-refractivity contribution >= 4 is 29.7 Å². The largest absolute Gasteiger partial charge is 0.492 e. The summed E-state index contributed by atoms with van der Waals surface area (Å²) in [6, 6.07) is 8.92. The Hall–Kier alpha value is -4.55. The van der Waals surface area contributed by atoms with Crippen molar-refractivity contribution in [1.29, 1.82) is 0 Å². The van der Waals surface area contributed by atoms with Gasteiger partial charge in [0.15, 0.2) is 0 Å². The highest BCUT2D eigenvalue weighted by atomic mass is 19.3. The van der Waals surface area contributed by atoms with E-state index in [0.29, 0.717) is 16.7 Å². The Morgan fingerprint density at radius 1 is 1.12 bits per heavy atom. The molecule has 0 aromatic heterocycles. The number of fused-ring (bicyclic) bond motifs is 1. The number of halogens is 2. The molecule has 0 aliphatic carbocycles. The number of alkyl halides is 2. The van der Waals surface area contributed by atoms with E-state index in [1.165, 1.54) is 35.0 Å². The van der Waals surface area contributed by atoms with E-state index in [0.717, 1.165) is 12.1 Å². The molecule has 2 N–H and O–H groups in total. The van der Waals surface area contributed by atoms with Gasteiger partial charge in [-0.2, -0.15) is 8.78 Å². The summed E-state index contributed by atoms with van der Waals surface area (Å²) < 4.78 is 41.0. The molecule has 2 aromatic rings. The van der Waals surface area contributed by atoms with E-state index in [1.807, 2.05) is 0 Å². The van der Waals surface area contributed by atoms with Gasteiger partial charge in [0.1, 0.15) is 24.0 Å². The topological polar surface area (TPSA) is 134 Å². The molecule has 0 bridgehead atoms. The average Bonchev–Trinajstić information content (AvgIpc) is 3.26. The maximum absolute atomic E-state index is 15.1. The van der Waals surface area contributed by atoms with Crippen LogP contribution in [0.3, 0.4) is 0 Å². The fraction of sp³-hybridized carbons (Fsp3) is 0.433. The summed E-state index contributed by atoms with van der Waals surface area (Å²) in [5.41, 5.74) is 0.231. The number of amides is 5. The molecule has 0 spiro atoms. The Balaban J connectivity index is 1.32. The zero-order valence-electron chi connectivity index (χ0n) is 24.4. The number of imide groups is 1. The second-order valence-corrected chi connectivity index (χ2v) is 11.4. The first kappa shape index (κ1) is 31.4. The molecule has 230 valence electrons.